The highest BCUT2D eigenvalue weighted by molar-refractivity contribution is 5.85. The molecule has 0 bridgehead atoms. The van der Waals surface area contributed by atoms with Crippen molar-refractivity contribution in [2.24, 2.45) is 5.92 Å². The van der Waals surface area contributed by atoms with Crippen LogP contribution in [0.4, 0.5) is 0 Å². The fraction of sp³-hybridized carbons (Fsp3) is 0.533. The van der Waals surface area contributed by atoms with E-state index >= 15 is 0 Å². The van der Waals surface area contributed by atoms with Gasteiger partial charge in [-0.1, -0.05) is 38.1 Å². The molecule has 0 N–H and O–H groups in total. The first-order chi connectivity index (χ1) is 8.40. The lowest BCUT2D eigenvalue weighted by Crippen LogP contribution is -2.37. The minimum atomic E-state index is -0.853. The van der Waals surface area contributed by atoms with E-state index in [2.05, 4.69) is 0 Å². The molecule has 0 spiro atoms. The number of ether oxygens (including phenoxy) is 2. The second kappa shape index (κ2) is 4.09. The van der Waals surface area contributed by atoms with Crippen LogP contribution in [0, 0.1) is 12.8 Å². The van der Waals surface area contributed by atoms with Crippen molar-refractivity contribution in [1.82, 2.24) is 0 Å². The van der Waals surface area contributed by atoms with Crippen LogP contribution in [0.2, 0.25) is 0 Å². The summed E-state index contributed by atoms with van der Waals surface area (Å²) in [5.74, 6) is -0.224. The highest BCUT2D eigenvalue weighted by atomic mass is 16.7. The van der Waals surface area contributed by atoms with E-state index in [9.17, 15) is 4.79 Å². The van der Waals surface area contributed by atoms with Gasteiger partial charge in [-0.3, -0.25) is 0 Å². The minimum Gasteiger partial charge on any atom is -0.467 e. The van der Waals surface area contributed by atoms with Gasteiger partial charge in [0.15, 0.2) is 0 Å². The number of esters is 1. The van der Waals surface area contributed by atoms with E-state index < -0.39 is 11.2 Å². The van der Waals surface area contributed by atoms with Crippen LogP contribution >= 0.6 is 0 Å². The van der Waals surface area contributed by atoms with Crippen molar-refractivity contribution >= 4 is 5.97 Å². The molecular weight excluding hydrogens is 228 g/mol. The number of aryl methyl sites for hydroxylation is 1. The van der Waals surface area contributed by atoms with Gasteiger partial charge in [0, 0.05) is 0 Å². The van der Waals surface area contributed by atoms with Crippen LogP contribution in [0.15, 0.2) is 24.3 Å². The number of epoxide rings is 1. The highest BCUT2D eigenvalue weighted by Gasteiger charge is 2.75. The summed E-state index contributed by atoms with van der Waals surface area (Å²) in [5.41, 5.74) is 0.753. The van der Waals surface area contributed by atoms with Crippen molar-refractivity contribution < 1.29 is 14.3 Å². The zero-order valence-corrected chi connectivity index (χ0v) is 11.6. The van der Waals surface area contributed by atoms with Gasteiger partial charge in [-0.25, -0.2) is 4.79 Å². The number of carbonyl (C=O) groups excluding carboxylic acids is 1. The lowest BCUT2D eigenvalue weighted by Gasteiger charge is -2.19. The molecule has 1 aromatic carbocycles. The molecule has 1 fully saturated rings. The van der Waals surface area contributed by atoms with Gasteiger partial charge in [0.25, 0.3) is 0 Å². The van der Waals surface area contributed by atoms with Crippen LogP contribution < -0.4 is 0 Å². The van der Waals surface area contributed by atoms with E-state index in [0.29, 0.717) is 0 Å². The summed E-state index contributed by atoms with van der Waals surface area (Å²) in [6.07, 6.45) is 0. The fourth-order valence-corrected chi connectivity index (χ4v) is 2.95. The van der Waals surface area contributed by atoms with Crippen LogP contribution in [0.5, 0.6) is 0 Å². The lowest BCUT2D eigenvalue weighted by atomic mass is 9.79. The van der Waals surface area contributed by atoms with Crippen LogP contribution in [-0.2, 0) is 19.9 Å². The van der Waals surface area contributed by atoms with E-state index in [1.807, 2.05) is 52.0 Å². The van der Waals surface area contributed by atoms with E-state index in [4.69, 9.17) is 9.47 Å². The number of carbonyl (C=O) groups is 1. The number of hydrogen-bond donors (Lipinski definition) is 0. The molecule has 3 heteroatoms. The first kappa shape index (κ1) is 13.1. The molecule has 1 heterocycles. The predicted octanol–water partition coefficient (Wildman–Crippen LogP) is 2.81. The molecule has 1 aliphatic rings. The molecule has 2 rings (SSSR count). The third-order valence-electron chi connectivity index (χ3n) is 3.99. The van der Waals surface area contributed by atoms with Crippen molar-refractivity contribution in [2.45, 2.75) is 38.9 Å². The Kier molecular flexibility index (Phi) is 2.98. The first-order valence-corrected chi connectivity index (χ1v) is 6.25. The van der Waals surface area contributed by atoms with Gasteiger partial charge >= 0.3 is 5.97 Å². The Balaban J connectivity index is 2.47. The number of rotatable bonds is 3. The Morgan fingerprint density at radius 3 is 2.44 bits per heavy atom. The molecule has 0 saturated carbocycles. The summed E-state index contributed by atoms with van der Waals surface area (Å²) in [5, 5.41) is 0. The maximum atomic E-state index is 12.1. The second-order valence-corrected chi connectivity index (χ2v) is 5.33. The minimum absolute atomic E-state index is 0.0644. The molecule has 1 aliphatic heterocycles. The monoisotopic (exact) mass is 248 g/mol. The third-order valence-corrected chi connectivity index (χ3v) is 3.99. The number of methoxy groups -OCH3 is 1. The van der Waals surface area contributed by atoms with Crippen LogP contribution in [0.25, 0.3) is 0 Å². The van der Waals surface area contributed by atoms with Gasteiger partial charge in [0.05, 0.1) is 7.11 Å². The van der Waals surface area contributed by atoms with Crippen LogP contribution in [0.1, 0.15) is 31.9 Å². The number of benzene rings is 1. The Bertz CT molecular complexity index is 480. The summed E-state index contributed by atoms with van der Waals surface area (Å²) >= 11 is 0. The molecule has 3 nitrogen and oxygen atoms in total. The van der Waals surface area contributed by atoms with Gasteiger partial charge in [-0.05, 0) is 30.9 Å². The predicted molar refractivity (Wildman–Crippen MR) is 69.2 cm³/mol. The maximum Gasteiger partial charge on any atom is 0.341 e. The molecule has 0 aromatic heterocycles. The topological polar surface area (TPSA) is 38.8 Å². The van der Waals surface area contributed by atoms with Crippen molar-refractivity contribution in [3.8, 4) is 0 Å². The van der Waals surface area contributed by atoms with Crippen LogP contribution in [-0.4, -0.2) is 18.7 Å². The fourth-order valence-electron chi connectivity index (χ4n) is 2.95. The molecule has 2 unspecified atom stereocenters. The quantitative estimate of drug-likeness (QED) is 0.610. The standard InChI is InChI=1S/C15H20O3/c1-10(2)15(13(16)17-5)14(4,18-15)12-9-7-6-8-11(12)3/h6-10H,1-5H3. The molecule has 0 amide bonds. The van der Waals surface area contributed by atoms with Gasteiger partial charge in [-0.2, -0.15) is 0 Å². The van der Waals surface area contributed by atoms with E-state index in [0.717, 1.165) is 11.1 Å². The molecule has 2 atom stereocenters. The van der Waals surface area contributed by atoms with Gasteiger partial charge < -0.3 is 9.47 Å². The third kappa shape index (κ3) is 1.50. The van der Waals surface area contributed by atoms with E-state index in [1.54, 1.807) is 0 Å². The van der Waals surface area contributed by atoms with Crippen molar-refractivity contribution in [2.75, 3.05) is 7.11 Å². The van der Waals surface area contributed by atoms with Crippen molar-refractivity contribution in [1.29, 1.82) is 0 Å². The van der Waals surface area contributed by atoms with Crippen molar-refractivity contribution in [3.63, 3.8) is 0 Å². The highest BCUT2D eigenvalue weighted by Crippen LogP contribution is 2.60. The number of hydrogen-bond acceptors (Lipinski definition) is 3. The molecule has 0 radical (unpaired) electrons. The summed E-state index contributed by atoms with van der Waals surface area (Å²) in [6.45, 7) is 7.97. The molecule has 98 valence electrons. The molecule has 1 saturated heterocycles. The molecular formula is C15H20O3. The Labute approximate surface area is 108 Å². The Morgan fingerprint density at radius 1 is 1.33 bits per heavy atom. The summed E-state index contributed by atoms with van der Waals surface area (Å²) in [4.78, 5) is 12.1. The van der Waals surface area contributed by atoms with Crippen LogP contribution in [0.3, 0.4) is 0 Å². The Hall–Kier alpha value is -1.35. The summed E-state index contributed by atoms with van der Waals surface area (Å²) in [6, 6.07) is 8.00. The molecule has 1 aromatic rings. The smallest absolute Gasteiger partial charge is 0.341 e. The largest absolute Gasteiger partial charge is 0.467 e. The summed E-state index contributed by atoms with van der Waals surface area (Å²) in [7, 11) is 1.41. The van der Waals surface area contributed by atoms with E-state index in [1.165, 1.54) is 7.11 Å². The normalized spacial score (nSPS) is 30.3. The zero-order valence-electron chi connectivity index (χ0n) is 11.6. The average Bonchev–Trinajstić information content (AvgIpc) is 2.98. The first-order valence-electron chi connectivity index (χ1n) is 6.25. The van der Waals surface area contributed by atoms with Crippen molar-refractivity contribution in [3.05, 3.63) is 35.4 Å². The molecule has 0 aliphatic carbocycles. The SMILES string of the molecule is COC(=O)C1(C(C)C)OC1(C)c1ccccc1C. The second-order valence-electron chi connectivity index (χ2n) is 5.33. The van der Waals surface area contributed by atoms with E-state index in [-0.39, 0.29) is 11.9 Å². The van der Waals surface area contributed by atoms with Gasteiger partial charge in [0.1, 0.15) is 5.60 Å². The van der Waals surface area contributed by atoms with Gasteiger partial charge in [0.2, 0.25) is 5.60 Å². The maximum absolute atomic E-state index is 12.1. The van der Waals surface area contributed by atoms with Gasteiger partial charge in [-0.15, -0.1) is 0 Å². The zero-order chi connectivity index (χ0) is 13.6. The average molecular weight is 248 g/mol. The Morgan fingerprint density at radius 2 is 1.94 bits per heavy atom. The molecule has 18 heavy (non-hydrogen) atoms. The lowest BCUT2D eigenvalue weighted by molar-refractivity contribution is -0.148. The summed E-state index contributed by atoms with van der Waals surface area (Å²) < 4.78 is 10.8.